The molecule has 1 amide bonds. The SMILES string of the molecule is Nc1ccc(Br)cc1C(=O)NC1CC(O)C1. The molecule has 16 heavy (non-hydrogen) atoms. The lowest BCUT2D eigenvalue weighted by atomic mass is 9.89. The van der Waals surface area contributed by atoms with Gasteiger partial charge in [0.25, 0.3) is 5.91 Å². The number of benzene rings is 1. The molecule has 0 aliphatic heterocycles. The Balaban J connectivity index is 2.05. The van der Waals surface area contributed by atoms with E-state index in [2.05, 4.69) is 21.2 Å². The van der Waals surface area contributed by atoms with Gasteiger partial charge in [-0.15, -0.1) is 0 Å². The Bertz CT molecular complexity index is 416. The topological polar surface area (TPSA) is 75.4 Å². The van der Waals surface area contributed by atoms with E-state index in [1.54, 1.807) is 18.2 Å². The van der Waals surface area contributed by atoms with Crippen LogP contribution in [0.25, 0.3) is 0 Å². The van der Waals surface area contributed by atoms with Crippen LogP contribution >= 0.6 is 15.9 Å². The molecule has 0 unspecified atom stereocenters. The lowest BCUT2D eigenvalue weighted by Crippen LogP contribution is -2.46. The number of nitrogens with two attached hydrogens (primary N) is 1. The Morgan fingerprint density at radius 2 is 2.19 bits per heavy atom. The fraction of sp³-hybridized carbons (Fsp3) is 0.364. The zero-order valence-corrected chi connectivity index (χ0v) is 10.2. The number of aliphatic hydroxyl groups excluding tert-OH is 1. The molecule has 1 aliphatic rings. The van der Waals surface area contributed by atoms with E-state index in [0.717, 1.165) is 4.47 Å². The summed E-state index contributed by atoms with van der Waals surface area (Å²) in [5, 5.41) is 11.9. The highest BCUT2D eigenvalue weighted by Crippen LogP contribution is 2.22. The van der Waals surface area contributed by atoms with Gasteiger partial charge in [0.05, 0.1) is 11.7 Å². The van der Waals surface area contributed by atoms with Gasteiger partial charge in [0.2, 0.25) is 0 Å². The van der Waals surface area contributed by atoms with Crippen LogP contribution in [0.5, 0.6) is 0 Å². The quantitative estimate of drug-likeness (QED) is 0.717. The summed E-state index contributed by atoms with van der Waals surface area (Å²) in [7, 11) is 0. The summed E-state index contributed by atoms with van der Waals surface area (Å²) >= 11 is 3.30. The highest BCUT2D eigenvalue weighted by molar-refractivity contribution is 9.10. The molecule has 4 N–H and O–H groups in total. The molecule has 0 heterocycles. The van der Waals surface area contributed by atoms with Crippen molar-refractivity contribution >= 4 is 27.5 Å². The summed E-state index contributed by atoms with van der Waals surface area (Å²) in [5.74, 6) is -0.185. The fourth-order valence-corrected chi connectivity index (χ4v) is 2.06. The minimum absolute atomic E-state index is 0.0703. The molecule has 0 atom stereocenters. The maximum Gasteiger partial charge on any atom is 0.253 e. The predicted molar refractivity (Wildman–Crippen MR) is 65.0 cm³/mol. The molecule has 0 bridgehead atoms. The standard InChI is InChI=1S/C11H13BrN2O2/c12-6-1-2-10(13)9(3-6)11(16)14-7-4-8(15)5-7/h1-3,7-8,15H,4-5,13H2,(H,14,16). The van der Waals surface area contributed by atoms with Gasteiger partial charge in [0, 0.05) is 16.2 Å². The third kappa shape index (κ3) is 2.36. The van der Waals surface area contributed by atoms with E-state index in [-0.39, 0.29) is 18.1 Å². The molecule has 0 spiro atoms. The van der Waals surface area contributed by atoms with Crippen LogP contribution < -0.4 is 11.1 Å². The smallest absolute Gasteiger partial charge is 0.253 e. The number of amides is 1. The van der Waals surface area contributed by atoms with Gasteiger partial charge >= 0.3 is 0 Å². The van der Waals surface area contributed by atoms with Crippen LogP contribution in [0.4, 0.5) is 5.69 Å². The summed E-state index contributed by atoms with van der Waals surface area (Å²) < 4.78 is 0.820. The van der Waals surface area contributed by atoms with Crippen LogP contribution in [0, 0.1) is 0 Å². The Kier molecular flexibility index (Phi) is 3.16. The molecule has 1 aromatic rings. The molecule has 0 saturated heterocycles. The van der Waals surface area contributed by atoms with Gasteiger partial charge in [-0.25, -0.2) is 0 Å². The van der Waals surface area contributed by atoms with Gasteiger partial charge in [-0.05, 0) is 31.0 Å². The third-order valence-electron chi connectivity index (χ3n) is 2.71. The first kappa shape index (κ1) is 11.4. The first-order chi connectivity index (χ1) is 7.56. The van der Waals surface area contributed by atoms with Gasteiger partial charge in [-0.3, -0.25) is 4.79 Å². The summed E-state index contributed by atoms with van der Waals surface area (Å²) in [4.78, 5) is 11.8. The van der Waals surface area contributed by atoms with Gasteiger partial charge in [0.1, 0.15) is 0 Å². The van der Waals surface area contributed by atoms with Crippen molar-refractivity contribution in [2.24, 2.45) is 0 Å². The zero-order chi connectivity index (χ0) is 11.7. The van der Waals surface area contributed by atoms with Crippen molar-refractivity contribution in [3.8, 4) is 0 Å². The Morgan fingerprint density at radius 1 is 1.50 bits per heavy atom. The number of anilines is 1. The first-order valence-electron chi connectivity index (χ1n) is 5.10. The molecule has 2 rings (SSSR count). The van der Waals surface area contributed by atoms with Crippen molar-refractivity contribution in [1.29, 1.82) is 0 Å². The molecule has 1 saturated carbocycles. The Labute approximate surface area is 102 Å². The van der Waals surface area contributed by atoms with Crippen LogP contribution in [0.2, 0.25) is 0 Å². The van der Waals surface area contributed by atoms with Crippen LogP contribution in [-0.4, -0.2) is 23.2 Å². The molecule has 0 radical (unpaired) electrons. The first-order valence-corrected chi connectivity index (χ1v) is 5.89. The number of nitrogens with one attached hydrogen (secondary N) is 1. The van der Waals surface area contributed by atoms with E-state index in [9.17, 15) is 4.79 Å². The normalized spacial score (nSPS) is 23.6. The second-order valence-electron chi connectivity index (χ2n) is 4.03. The number of halogens is 1. The van der Waals surface area contributed by atoms with Gasteiger partial charge < -0.3 is 16.2 Å². The molecule has 4 nitrogen and oxygen atoms in total. The average molecular weight is 285 g/mol. The lowest BCUT2D eigenvalue weighted by molar-refractivity contribution is 0.0563. The van der Waals surface area contributed by atoms with Crippen molar-refractivity contribution < 1.29 is 9.90 Å². The predicted octanol–water partition coefficient (Wildman–Crippen LogP) is 1.28. The third-order valence-corrected chi connectivity index (χ3v) is 3.20. The Morgan fingerprint density at radius 3 is 2.81 bits per heavy atom. The zero-order valence-electron chi connectivity index (χ0n) is 8.61. The van der Waals surface area contributed by atoms with Gasteiger partial charge in [-0.1, -0.05) is 15.9 Å². The monoisotopic (exact) mass is 284 g/mol. The number of hydrogen-bond acceptors (Lipinski definition) is 3. The van der Waals surface area contributed by atoms with E-state index < -0.39 is 0 Å². The van der Waals surface area contributed by atoms with E-state index in [0.29, 0.717) is 24.1 Å². The Hall–Kier alpha value is -1.07. The molecular formula is C11H13BrN2O2. The van der Waals surface area contributed by atoms with E-state index in [4.69, 9.17) is 10.8 Å². The van der Waals surface area contributed by atoms with Crippen LogP contribution in [0.15, 0.2) is 22.7 Å². The summed E-state index contributed by atoms with van der Waals surface area (Å²) in [6, 6.07) is 5.24. The van der Waals surface area contributed by atoms with Crippen molar-refractivity contribution in [2.45, 2.75) is 25.0 Å². The van der Waals surface area contributed by atoms with Crippen molar-refractivity contribution in [1.82, 2.24) is 5.32 Å². The second-order valence-corrected chi connectivity index (χ2v) is 4.94. The van der Waals surface area contributed by atoms with Crippen molar-refractivity contribution in [3.63, 3.8) is 0 Å². The maximum absolute atomic E-state index is 11.8. The van der Waals surface area contributed by atoms with E-state index in [1.165, 1.54) is 0 Å². The maximum atomic E-state index is 11.8. The minimum Gasteiger partial charge on any atom is -0.398 e. The summed E-state index contributed by atoms with van der Waals surface area (Å²) in [5.41, 5.74) is 6.65. The van der Waals surface area contributed by atoms with Gasteiger partial charge in [-0.2, -0.15) is 0 Å². The fourth-order valence-electron chi connectivity index (χ4n) is 1.69. The van der Waals surface area contributed by atoms with Crippen LogP contribution in [-0.2, 0) is 0 Å². The summed E-state index contributed by atoms with van der Waals surface area (Å²) in [6.45, 7) is 0. The molecule has 1 aromatic carbocycles. The molecule has 1 aliphatic carbocycles. The molecule has 5 heteroatoms. The number of carbonyl (C=O) groups is 1. The lowest BCUT2D eigenvalue weighted by Gasteiger charge is -2.32. The highest BCUT2D eigenvalue weighted by Gasteiger charge is 2.28. The van der Waals surface area contributed by atoms with Crippen molar-refractivity contribution in [2.75, 3.05) is 5.73 Å². The average Bonchev–Trinajstić information content (AvgIpc) is 2.19. The largest absolute Gasteiger partial charge is 0.398 e. The number of carbonyl (C=O) groups excluding carboxylic acids is 1. The number of aliphatic hydroxyl groups is 1. The number of rotatable bonds is 2. The molecular weight excluding hydrogens is 272 g/mol. The van der Waals surface area contributed by atoms with E-state index in [1.807, 2.05) is 0 Å². The number of nitrogen functional groups attached to an aromatic ring is 1. The second kappa shape index (κ2) is 4.43. The van der Waals surface area contributed by atoms with E-state index >= 15 is 0 Å². The minimum atomic E-state index is -0.273. The molecule has 86 valence electrons. The highest BCUT2D eigenvalue weighted by atomic mass is 79.9. The summed E-state index contributed by atoms with van der Waals surface area (Å²) in [6.07, 6.45) is 0.976. The number of hydrogen-bond donors (Lipinski definition) is 3. The molecule has 1 fully saturated rings. The van der Waals surface area contributed by atoms with Gasteiger partial charge in [0.15, 0.2) is 0 Å². The van der Waals surface area contributed by atoms with Crippen LogP contribution in [0.1, 0.15) is 23.2 Å². The van der Waals surface area contributed by atoms with Crippen LogP contribution in [0.3, 0.4) is 0 Å². The molecule has 0 aromatic heterocycles. The van der Waals surface area contributed by atoms with Crippen molar-refractivity contribution in [3.05, 3.63) is 28.2 Å².